The molecule has 0 aliphatic rings. The van der Waals surface area contributed by atoms with Gasteiger partial charge in [0.15, 0.2) is 17.5 Å². The summed E-state index contributed by atoms with van der Waals surface area (Å²) < 4.78 is 11.0. The summed E-state index contributed by atoms with van der Waals surface area (Å²) in [6, 6.07) is 6.15. The average molecular weight is 379 g/mol. The molecule has 0 aromatic heterocycles. The van der Waals surface area contributed by atoms with Crippen LogP contribution in [0.2, 0.25) is 0 Å². The fourth-order valence-electron chi connectivity index (χ4n) is 2.91. The number of ether oxygens (including phenoxy) is 2. The number of hydrogen-bond acceptors (Lipinski definition) is 4. The Morgan fingerprint density at radius 1 is 1.04 bits per heavy atom. The van der Waals surface area contributed by atoms with Gasteiger partial charge in [-0.15, -0.1) is 0 Å². The number of hydrogen-bond donors (Lipinski definition) is 2. The minimum atomic E-state index is 0.637. The topological polar surface area (TPSA) is 58.1 Å². The summed E-state index contributed by atoms with van der Waals surface area (Å²) in [6.07, 6.45) is 3.13. The van der Waals surface area contributed by atoms with E-state index < -0.39 is 0 Å². The molecule has 0 atom stereocenters. The largest absolute Gasteiger partial charge is 0.493 e. The van der Waals surface area contributed by atoms with Crippen LogP contribution in [-0.4, -0.2) is 64.3 Å². The molecule has 154 valence electrons. The number of guanidine groups is 1. The van der Waals surface area contributed by atoms with Gasteiger partial charge in [0.2, 0.25) is 0 Å². The first-order valence-electron chi connectivity index (χ1n) is 10.1. The Labute approximate surface area is 165 Å². The summed E-state index contributed by atoms with van der Waals surface area (Å²) in [5, 5.41) is 6.78. The lowest BCUT2D eigenvalue weighted by Gasteiger charge is -2.18. The minimum Gasteiger partial charge on any atom is -0.493 e. The van der Waals surface area contributed by atoms with E-state index in [1.807, 2.05) is 20.0 Å². The van der Waals surface area contributed by atoms with Gasteiger partial charge < -0.3 is 25.0 Å². The number of nitrogens with one attached hydrogen (secondary N) is 2. The Morgan fingerprint density at radius 2 is 1.74 bits per heavy atom. The van der Waals surface area contributed by atoms with Crippen molar-refractivity contribution in [3.8, 4) is 11.5 Å². The van der Waals surface area contributed by atoms with E-state index >= 15 is 0 Å². The fraction of sp³-hybridized carbons (Fsp3) is 0.667. The molecule has 6 heteroatoms. The highest BCUT2D eigenvalue weighted by atomic mass is 16.5. The quantitative estimate of drug-likeness (QED) is 0.314. The standard InChI is InChI=1S/C21H38N4O2/c1-6-25(7-2)16-10-15-24-21(22-4)23-14-9-11-18-12-13-19(26-5)20(17-18)27-8-3/h12-13,17H,6-11,14-16H2,1-5H3,(H2,22,23,24). The van der Waals surface area contributed by atoms with E-state index in [1.165, 1.54) is 5.56 Å². The van der Waals surface area contributed by atoms with Crippen LogP contribution in [0.25, 0.3) is 0 Å². The van der Waals surface area contributed by atoms with Crippen LogP contribution in [0.1, 0.15) is 39.2 Å². The second-order valence-corrected chi connectivity index (χ2v) is 6.33. The summed E-state index contributed by atoms with van der Waals surface area (Å²) in [5.74, 6) is 2.48. The molecule has 0 bridgehead atoms. The molecule has 0 spiro atoms. The Hall–Kier alpha value is -1.95. The van der Waals surface area contributed by atoms with Gasteiger partial charge in [-0.1, -0.05) is 19.9 Å². The van der Waals surface area contributed by atoms with Gasteiger partial charge in [0.25, 0.3) is 0 Å². The van der Waals surface area contributed by atoms with Crippen molar-refractivity contribution in [3.05, 3.63) is 23.8 Å². The number of aryl methyl sites for hydroxylation is 1. The highest BCUT2D eigenvalue weighted by molar-refractivity contribution is 5.79. The number of methoxy groups -OCH3 is 1. The molecule has 6 nitrogen and oxygen atoms in total. The highest BCUT2D eigenvalue weighted by Crippen LogP contribution is 2.28. The Kier molecular flexibility index (Phi) is 12.1. The Balaban J connectivity index is 2.30. The summed E-state index contributed by atoms with van der Waals surface area (Å²) >= 11 is 0. The van der Waals surface area contributed by atoms with Crippen molar-refractivity contribution in [1.29, 1.82) is 0 Å². The zero-order valence-corrected chi connectivity index (χ0v) is 17.8. The van der Waals surface area contributed by atoms with Crippen LogP contribution >= 0.6 is 0 Å². The van der Waals surface area contributed by atoms with Gasteiger partial charge in [0.1, 0.15) is 0 Å². The first-order valence-corrected chi connectivity index (χ1v) is 10.1. The molecular formula is C21H38N4O2. The van der Waals surface area contributed by atoms with Crippen molar-refractivity contribution in [3.63, 3.8) is 0 Å². The Morgan fingerprint density at radius 3 is 2.33 bits per heavy atom. The van der Waals surface area contributed by atoms with Crippen molar-refractivity contribution < 1.29 is 9.47 Å². The minimum absolute atomic E-state index is 0.637. The van der Waals surface area contributed by atoms with E-state index in [1.54, 1.807) is 7.11 Å². The van der Waals surface area contributed by atoms with Crippen molar-refractivity contribution in [2.75, 3.05) is 53.5 Å². The highest BCUT2D eigenvalue weighted by Gasteiger charge is 2.05. The van der Waals surface area contributed by atoms with Crippen LogP contribution in [0.4, 0.5) is 0 Å². The third-order valence-electron chi connectivity index (χ3n) is 4.52. The Bertz CT molecular complexity index is 545. The van der Waals surface area contributed by atoms with Gasteiger partial charge in [-0.3, -0.25) is 4.99 Å². The lowest BCUT2D eigenvalue weighted by molar-refractivity contribution is 0.300. The number of benzene rings is 1. The van der Waals surface area contributed by atoms with Gasteiger partial charge in [-0.05, 0) is 63.5 Å². The normalized spacial score (nSPS) is 11.6. The predicted molar refractivity (Wildman–Crippen MR) is 114 cm³/mol. The van der Waals surface area contributed by atoms with Gasteiger partial charge in [-0.2, -0.15) is 0 Å². The third-order valence-corrected chi connectivity index (χ3v) is 4.52. The molecule has 0 amide bonds. The number of rotatable bonds is 13. The number of nitrogens with zero attached hydrogens (tertiary/aromatic N) is 2. The van der Waals surface area contributed by atoms with Crippen LogP contribution in [0.15, 0.2) is 23.2 Å². The summed E-state index contributed by atoms with van der Waals surface area (Å²) in [7, 11) is 3.49. The molecule has 0 saturated carbocycles. The zero-order valence-electron chi connectivity index (χ0n) is 17.8. The molecule has 2 N–H and O–H groups in total. The first kappa shape index (κ1) is 23.1. The SMILES string of the molecule is CCOc1cc(CCCNC(=NC)NCCCN(CC)CC)ccc1OC. The van der Waals surface area contributed by atoms with E-state index in [2.05, 4.69) is 46.5 Å². The molecule has 0 aliphatic heterocycles. The molecule has 0 heterocycles. The molecule has 1 aromatic carbocycles. The van der Waals surface area contributed by atoms with Crippen molar-refractivity contribution >= 4 is 5.96 Å². The van der Waals surface area contributed by atoms with Crippen molar-refractivity contribution in [2.24, 2.45) is 4.99 Å². The van der Waals surface area contributed by atoms with E-state index in [4.69, 9.17) is 9.47 Å². The number of aliphatic imine (C=N–C) groups is 1. The summed E-state index contributed by atoms with van der Waals surface area (Å²) in [6.45, 7) is 12.2. The van der Waals surface area contributed by atoms with Crippen molar-refractivity contribution in [2.45, 2.75) is 40.0 Å². The molecule has 0 radical (unpaired) electrons. The fourth-order valence-corrected chi connectivity index (χ4v) is 2.91. The van der Waals surface area contributed by atoms with E-state index in [0.717, 1.165) is 69.4 Å². The second kappa shape index (κ2) is 14.2. The molecule has 27 heavy (non-hydrogen) atoms. The van der Waals surface area contributed by atoms with Gasteiger partial charge in [0, 0.05) is 20.1 Å². The van der Waals surface area contributed by atoms with Crippen LogP contribution < -0.4 is 20.1 Å². The molecule has 1 rings (SSSR count). The molecule has 1 aromatic rings. The molecule has 0 fully saturated rings. The molecule has 0 unspecified atom stereocenters. The van der Waals surface area contributed by atoms with Crippen LogP contribution in [-0.2, 0) is 6.42 Å². The molecular weight excluding hydrogens is 340 g/mol. The maximum atomic E-state index is 5.65. The smallest absolute Gasteiger partial charge is 0.190 e. The van der Waals surface area contributed by atoms with Gasteiger partial charge in [0.05, 0.1) is 13.7 Å². The van der Waals surface area contributed by atoms with Crippen LogP contribution in [0.5, 0.6) is 11.5 Å². The van der Waals surface area contributed by atoms with Gasteiger partial charge in [-0.25, -0.2) is 0 Å². The summed E-state index contributed by atoms with van der Waals surface area (Å²) in [5.41, 5.74) is 1.25. The zero-order chi connectivity index (χ0) is 19.9. The maximum absolute atomic E-state index is 5.65. The lowest BCUT2D eigenvalue weighted by Crippen LogP contribution is -2.39. The van der Waals surface area contributed by atoms with Gasteiger partial charge >= 0.3 is 0 Å². The molecule has 0 aliphatic carbocycles. The van der Waals surface area contributed by atoms with E-state index in [9.17, 15) is 0 Å². The molecule has 0 saturated heterocycles. The van der Waals surface area contributed by atoms with Crippen LogP contribution in [0, 0.1) is 0 Å². The van der Waals surface area contributed by atoms with Crippen molar-refractivity contribution in [1.82, 2.24) is 15.5 Å². The lowest BCUT2D eigenvalue weighted by atomic mass is 10.1. The predicted octanol–water partition coefficient (Wildman–Crippen LogP) is 2.92. The van der Waals surface area contributed by atoms with E-state index in [0.29, 0.717) is 6.61 Å². The second-order valence-electron chi connectivity index (χ2n) is 6.33. The maximum Gasteiger partial charge on any atom is 0.190 e. The van der Waals surface area contributed by atoms with Crippen LogP contribution in [0.3, 0.4) is 0 Å². The van der Waals surface area contributed by atoms with E-state index in [-0.39, 0.29) is 0 Å². The summed E-state index contributed by atoms with van der Waals surface area (Å²) in [4.78, 5) is 6.73. The monoisotopic (exact) mass is 378 g/mol. The third kappa shape index (κ3) is 9.00. The first-order chi connectivity index (χ1) is 13.2. The average Bonchev–Trinajstić information content (AvgIpc) is 2.70.